The number of likely N-dealkylation sites (N-methyl/N-ethyl adjacent to an activating group) is 1. The predicted molar refractivity (Wildman–Crippen MR) is 76.3 cm³/mol. The minimum Gasteiger partial charge on any atom is -0.336 e. The lowest BCUT2D eigenvalue weighted by atomic mass is 10.2. The van der Waals surface area contributed by atoms with Crippen molar-refractivity contribution in [2.45, 2.75) is 32.9 Å². The maximum Gasteiger partial charge on any atom is 0.237 e. The summed E-state index contributed by atoms with van der Waals surface area (Å²) < 4.78 is 0. The molecule has 0 radical (unpaired) electrons. The molecule has 0 unspecified atom stereocenters. The van der Waals surface area contributed by atoms with E-state index in [1.165, 1.54) is 0 Å². The van der Waals surface area contributed by atoms with Crippen LogP contribution in [0.4, 0.5) is 0 Å². The van der Waals surface area contributed by atoms with Gasteiger partial charge in [-0.25, -0.2) is 0 Å². The average molecular weight is 286 g/mol. The van der Waals surface area contributed by atoms with Gasteiger partial charge in [0.05, 0.1) is 6.54 Å². The van der Waals surface area contributed by atoms with Gasteiger partial charge in [0, 0.05) is 31.7 Å². The van der Waals surface area contributed by atoms with Crippen LogP contribution in [0.3, 0.4) is 0 Å². The number of hydrogen-bond donors (Lipinski definition) is 1. The first-order valence-corrected chi connectivity index (χ1v) is 5.72. The SMILES string of the molecule is CC(C)N(C)CC(=O)N1CCNC[C@@H]1C.Cl.Cl. The summed E-state index contributed by atoms with van der Waals surface area (Å²) in [5.41, 5.74) is 0. The van der Waals surface area contributed by atoms with Crippen LogP contribution in [0.15, 0.2) is 0 Å². The summed E-state index contributed by atoms with van der Waals surface area (Å²) in [6, 6.07) is 0.749. The van der Waals surface area contributed by atoms with Gasteiger partial charge in [0.15, 0.2) is 0 Å². The Bertz CT molecular complexity index is 227. The summed E-state index contributed by atoms with van der Waals surface area (Å²) in [6.45, 7) is 9.51. The number of carbonyl (C=O) groups is 1. The number of halogens is 2. The average Bonchev–Trinajstić information content (AvgIpc) is 2.18. The molecule has 0 bridgehead atoms. The fourth-order valence-corrected chi connectivity index (χ4v) is 1.70. The van der Waals surface area contributed by atoms with Crippen molar-refractivity contribution in [3.05, 3.63) is 0 Å². The van der Waals surface area contributed by atoms with Crippen molar-refractivity contribution in [2.24, 2.45) is 0 Å². The molecule has 4 nitrogen and oxygen atoms in total. The first kappa shape index (κ1) is 19.3. The van der Waals surface area contributed by atoms with Crippen LogP contribution in [0.25, 0.3) is 0 Å². The smallest absolute Gasteiger partial charge is 0.237 e. The third-order valence-electron chi connectivity index (χ3n) is 3.09. The Balaban J connectivity index is 0. The second kappa shape index (κ2) is 8.97. The van der Waals surface area contributed by atoms with Gasteiger partial charge in [0.2, 0.25) is 5.91 Å². The molecule has 104 valence electrons. The van der Waals surface area contributed by atoms with E-state index in [2.05, 4.69) is 31.0 Å². The molecule has 17 heavy (non-hydrogen) atoms. The number of nitrogens with one attached hydrogen (secondary N) is 1. The van der Waals surface area contributed by atoms with E-state index in [1.54, 1.807) is 0 Å². The molecule has 1 rings (SSSR count). The van der Waals surface area contributed by atoms with Gasteiger partial charge in [0.25, 0.3) is 0 Å². The Labute approximate surface area is 117 Å². The maximum absolute atomic E-state index is 12.0. The second-order valence-corrected chi connectivity index (χ2v) is 4.65. The molecular weight excluding hydrogens is 261 g/mol. The highest BCUT2D eigenvalue weighted by Crippen LogP contribution is 2.04. The van der Waals surface area contributed by atoms with Crippen LogP contribution < -0.4 is 5.32 Å². The highest BCUT2D eigenvalue weighted by molar-refractivity contribution is 5.85. The standard InChI is InChI=1S/C11H23N3O.2ClH/c1-9(2)13(4)8-11(15)14-6-5-12-7-10(14)3;;/h9-10,12H,5-8H2,1-4H3;2*1H/t10-;;/m0../s1. The van der Waals surface area contributed by atoms with Gasteiger partial charge in [-0.15, -0.1) is 24.8 Å². The van der Waals surface area contributed by atoms with Crippen LogP contribution >= 0.6 is 24.8 Å². The fourth-order valence-electron chi connectivity index (χ4n) is 1.70. The molecule has 1 fully saturated rings. The summed E-state index contributed by atoms with van der Waals surface area (Å²) in [6.07, 6.45) is 0. The van der Waals surface area contributed by atoms with E-state index in [0.29, 0.717) is 18.6 Å². The zero-order valence-corrected chi connectivity index (χ0v) is 12.7. The van der Waals surface area contributed by atoms with E-state index < -0.39 is 0 Å². The Hall–Kier alpha value is -0.0300. The van der Waals surface area contributed by atoms with Crippen molar-refractivity contribution in [1.82, 2.24) is 15.1 Å². The van der Waals surface area contributed by atoms with Crippen LogP contribution in [0.1, 0.15) is 20.8 Å². The second-order valence-electron chi connectivity index (χ2n) is 4.65. The van der Waals surface area contributed by atoms with Gasteiger partial charge in [0.1, 0.15) is 0 Å². The third-order valence-corrected chi connectivity index (χ3v) is 3.09. The third kappa shape index (κ3) is 5.91. The molecule has 1 N–H and O–H groups in total. The molecule has 0 aromatic rings. The lowest BCUT2D eigenvalue weighted by Gasteiger charge is -2.35. The van der Waals surface area contributed by atoms with Crippen molar-refractivity contribution in [1.29, 1.82) is 0 Å². The minimum absolute atomic E-state index is 0. The van der Waals surface area contributed by atoms with E-state index in [4.69, 9.17) is 0 Å². The van der Waals surface area contributed by atoms with Gasteiger partial charge in [-0.3, -0.25) is 9.69 Å². The van der Waals surface area contributed by atoms with Crippen LogP contribution in [-0.2, 0) is 4.79 Å². The lowest BCUT2D eigenvalue weighted by Crippen LogP contribution is -2.54. The predicted octanol–water partition coefficient (Wildman–Crippen LogP) is 0.990. The summed E-state index contributed by atoms with van der Waals surface area (Å²) >= 11 is 0. The van der Waals surface area contributed by atoms with Crippen molar-refractivity contribution in [3.63, 3.8) is 0 Å². The molecule has 1 saturated heterocycles. The summed E-state index contributed by atoms with van der Waals surface area (Å²) in [5.74, 6) is 0.250. The zero-order chi connectivity index (χ0) is 11.4. The number of amides is 1. The molecule has 1 aliphatic heterocycles. The highest BCUT2D eigenvalue weighted by Gasteiger charge is 2.23. The Morgan fingerprint density at radius 1 is 1.47 bits per heavy atom. The fraction of sp³-hybridized carbons (Fsp3) is 0.909. The van der Waals surface area contributed by atoms with E-state index in [9.17, 15) is 4.79 Å². The van der Waals surface area contributed by atoms with Crippen molar-refractivity contribution in [3.8, 4) is 0 Å². The topological polar surface area (TPSA) is 35.6 Å². The summed E-state index contributed by atoms with van der Waals surface area (Å²) in [4.78, 5) is 16.0. The number of piperazine rings is 1. The number of nitrogens with zero attached hydrogens (tertiary/aromatic N) is 2. The van der Waals surface area contributed by atoms with Crippen LogP contribution in [0, 0.1) is 0 Å². The number of carbonyl (C=O) groups excluding carboxylic acids is 1. The molecule has 6 heteroatoms. The van der Waals surface area contributed by atoms with Crippen molar-refractivity contribution >= 4 is 30.7 Å². The largest absolute Gasteiger partial charge is 0.336 e. The normalized spacial score (nSPS) is 19.9. The maximum atomic E-state index is 12.0. The minimum atomic E-state index is 0. The van der Waals surface area contributed by atoms with Gasteiger partial charge >= 0.3 is 0 Å². The molecule has 1 aliphatic rings. The van der Waals surface area contributed by atoms with Crippen molar-refractivity contribution < 1.29 is 4.79 Å². The molecule has 1 amide bonds. The number of hydrogen-bond acceptors (Lipinski definition) is 3. The van der Waals surface area contributed by atoms with Crippen LogP contribution in [0.5, 0.6) is 0 Å². The Morgan fingerprint density at radius 2 is 2.06 bits per heavy atom. The zero-order valence-electron chi connectivity index (χ0n) is 11.1. The highest BCUT2D eigenvalue weighted by atomic mass is 35.5. The van der Waals surface area contributed by atoms with Crippen LogP contribution in [0.2, 0.25) is 0 Å². The Morgan fingerprint density at radius 3 is 2.53 bits per heavy atom. The first-order chi connectivity index (χ1) is 7.02. The molecule has 0 aliphatic carbocycles. The van der Waals surface area contributed by atoms with Crippen molar-refractivity contribution in [2.75, 3.05) is 33.2 Å². The number of rotatable bonds is 3. The van der Waals surface area contributed by atoms with E-state index in [1.807, 2.05) is 11.9 Å². The molecule has 0 saturated carbocycles. The van der Waals surface area contributed by atoms with Gasteiger partial charge in [-0.05, 0) is 27.8 Å². The summed E-state index contributed by atoms with van der Waals surface area (Å²) in [5, 5.41) is 3.29. The van der Waals surface area contributed by atoms with E-state index in [0.717, 1.165) is 19.6 Å². The Kier molecular flexibility index (Phi) is 10.2. The quantitative estimate of drug-likeness (QED) is 0.840. The molecule has 1 heterocycles. The van der Waals surface area contributed by atoms with Crippen LogP contribution in [-0.4, -0.2) is 61.0 Å². The molecule has 0 aromatic carbocycles. The van der Waals surface area contributed by atoms with Gasteiger partial charge in [-0.1, -0.05) is 0 Å². The van der Waals surface area contributed by atoms with Gasteiger partial charge in [-0.2, -0.15) is 0 Å². The van der Waals surface area contributed by atoms with E-state index >= 15 is 0 Å². The first-order valence-electron chi connectivity index (χ1n) is 5.72. The van der Waals surface area contributed by atoms with Gasteiger partial charge < -0.3 is 10.2 Å². The molecule has 1 atom stereocenters. The summed E-state index contributed by atoms with van der Waals surface area (Å²) in [7, 11) is 2.00. The molecule has 0 spiro atoms. The van der Waals surface area contributed by atoms with E-state index in [-0.39, 0.29) is 30.7 Å². The monoisotopic (exact) mass is 285 g/mol. The molecular formula is C11H25Cl2N3O. The lowest BCUT2D eigenvalue weighted by molar-refractivity contribution is -0.135. The molecule has 0 aromatic heterocycles.